The van der Waals surface area contributed by atoms with E-state index < -0.39 is 0 Å². The van der Waals surface area contributed by atoms with E-state index in [1.165, 1.54) is 4.57 Å². The minimum atomic E-state index is -0.344. The van der Waals surface area contributed by atoms with E-state index in [2.05, 4.69) is 12.6 Å². The molecule has 0 radical (unpaired) electrons. The van der Waals surface area contributed by atoms with E-state index in [9.17, 15) is 4.79 Å². The summed E-state index contributed by atoms with van der Waals surface area (Å²) < 4.78 is 6.38. The quantitative estimate of drug-likeness (QED) is 0.624. The fourth-order valence-corrected chi connectivity index (χ4v) is 1.31. The number of thiol groups is 1. The maximum Gasteiger partial charge on any atom is 0.419 e. The van der Waals surface area contributed by atoms with Crippen LogP contribution < -0.4 is 5.76 Å². The van der Waals surface area contributed by atoms with Gasteiger partial charge in [0.2, 0.25) is 0 Å². The Morgan fingerprint density at radius 3 is 3.00 bits per heavy atom. The van der Waals surface area contributed by atoms with Crippen molar-refractivity contribution in [2.24, 2.45) is 7.05 Å². The van der Waals surface area contributed by atoms with Crippen LogP contribution in [0.15, 0.2) is 32.3 Å². The predicted octanol–water partition coefficient (Wildman–Crippen LogP) is 1.42. The third kappa shape index (κ3) is 0.956. The Morgan fingerprint density at radius 2 is 2.25 bits per heavy atom. The third-order valence-electron chi connectivity index (χ3n) is 1.78. The summed E-state index contributed by atoms with van der Waals surface area (Å²) in [6.07, 6.45) is 0. The Balaban J connectivity index is 2.98. The molecule has 1 aromatic heterocycles. The summed E-state index contributed by atoms with van der Waals surface area (Å²) in [5.41, 5.74) is 1.37. The predicted molar refractivity (Wildman–Crippen MR) is 48.7 cm³/mol. The zero-order valence-electron chi connectivity index (χ0n) is 6.44. The molecular formula is C8H7NO2S. The van der Waals surface area contributed by atoms with E-state index in [1.807, 2.05) is 0 Å². The summed E-state index contributed by atoms with van der Waals surface area (Å²) in [7, 11) is 1.67. The standard InChI is InChI=1S/C8H7NO2S/c1-9-6-4-5(12)2-3-7(6)11-8(9)10/h2-4,12H,1H3. The van der Waals surface area contributed by atoms with Crippen LogP contribution >= 0.6 is 12.6 Å². The Bertz CT molecular complexity index is 483. The lowest BCUT2D eigenvalue weighted by atomic mass is 10.3. The summed E-state index contributed by atoms with van der Waals surface area (Å²) in [6, 6.07) is 5.32. The maximum absolute atomic E-state index is 11.0. The van der Waals surface area contributed by atoms with Gasteiger partial charge in [-0.3, -0.25) is 4.57 Å². The molecule has 0 unspecified atom stereocenters. The second-order valence-electron chi connectivity index (χ2n) is 2.58. The van der Waals surface area contributed by atoms with Gasteiger partial charge in [-0.2, -0.15) is 0 Å². The van der Waals surface area contributed by atoms with Crippen molar-refractivity contribution in [1.82, 2.24) is 4.57 Å². The van der Waals surface area contributed by atoms with Gasteiger partial charge in [0, 0.05) is 11.9 Å². The summed E-state index contributed by atoms with van der Waals surface area (Å²) in [5, 5.41) is 0. The largest absolute Gasteiger partial charge is 0.419 e. The number of oxazole rings is 1. The molecule has 0 aliphatic rings. The second-order valence-corrected chi connectivity index (χ2v) is 3.10. The molecule has 0 saturated heterocycles. The topological polar surface area (TPSA) is 35.1 Å². The first-order valence-corrected chi connectivity index (χ1v) is 3.92. The number of aryl methyl sites for hydroxylation is 1. The molecule has 0 saturated carbocycles. The van der Waals surface area contributed by atoms with Crippen LogP contribution in [-0.2, 0) is 7.05 Å². The smallest absolute Gasteiger partial charge is 0.408 e. The molecule has 0 amide bonds. The lowest BCUT2D eigenvalue weighted by molar-refractivity contribution is 0.528. The van der Waals surface area contributed by atoms with Crippen molar-refractivity contribution < 1.29 is 4.42 Å². The Labute approximate surface area is 74.0 Å². The number of aromatic nitrogens is 1. The van der Waals surface area contributed by atoms with Gasteiger partial charge in [0.05, 0.1) is 5.52 Å². The minimum Gasteiger partial charge on any atom is -0.408 e. The zero-order chi connectivity index (χ0) is 8.72. The highest BCUT2D eigenvalue weighted by Gasteiger charge is 2.04. The molecule has 0 spiro atoms. The molecule has 1 heterocycles. The second kappa shape index (κ2) is 2.42. The molecule has 0 atom stereocenters. The molecule has 1 aromatic carbocycles. The summed E-state index contributed by atoms with van der Waals surface area (Å²) in [5.74, 6) is -0.344. The number of nitrogens with zero attached hydrogens (tertiary/aromatic N) is 1. The normalized spacial score (nSPS) is 10.8. The Kier molecular flexibility index (Phi) is 1.51. The van der Waals surface area contributed by atoms with Gasteiger partial charge in [-0.25, -0.2) is 4.79 Å². The van der Waals surface area contributed by atoms with Gasteiger partial charge >= 0.3 is 5.76 Å². The van der Waals surface area contributed by atoms with E-state index in [0.29, 0.717) is 5.58 Å². The molecule has 0 aliphatic carbocycles. The van der Waals surface area contributed by atoms with Gasteiger partial charge in [-0.05, 0) is 18.2 Å². The monoisotopic (exact) mass is 181 g/mol. The molecule has 0 N–H and O–H groups in total. The van der Waals surface area contributed by atoms with Gasteiger partial charge in [0.1, 0.15) is 0 Å². The van der Waals surface area contributed by atoms with Crippen molar-refractivity contribution in [3.05, 3.63) is 28.7 Å². The van der Waals surface area contributed by atoms with Gasteiger partial charge in [-0.15, -0.1) is 12.6 Å². The van der Waals surface area contributed by atoms with Crippen LogP contribution in [0.2, 0.25) is 0 Å². The molecule has 0 aliphatic heterocycles. The van der Waals surface area contributed by atoms with Crippen LogP contribution in [0, 0.1) is 0 Å². The molecule has 62 valence electrons. The van der Waals surface area contributed by atoms with Crippen LogP contribution in [0.5, 0.6) is 0 Å². The van der Waals surface area contributed by atoms with Crippen LogP contribution in [-0.4, -0.2) is 4.57 Å². The van der Waals surface area contributed by atoms with Crippen molar-refractivity contribution in [3.63, 3.8) is 0 Å². The number of benzene rings is 1. The zero-order valence-corrected chi connectivity index (χ0v) is 7.34. The first kappa shape index (κ1) is 7.49. The molecule has 0 fully saturated rings. The third-order valence-corrected chi connectivity index (χ3v) is 2.05. The number of hydrogen-bond donors (Lipinski definition) is 1. The summed E-state index contributed by atoms with van der Waals surface area (Å²) in [4.78, 5) is 11.8. The van der Waals surface area contributed by atoms with Crippen LogP contribution in [0.25, 0.3) is 11.1 Å². The van der Waals surface area contributed by atoms with Crippen LogP contribution in [0.1, 0.15) is 0 Å². The van der Waals surface area contributed by atoms with Gasteiger partial charge in [0.25, 0.3) is 0 Å². The molecule has 12 heavy (non-hydrogen) atoms. The van der Waals surface area contributed by atoms with Crippen LogP contribution in [0.4, 0.5) is 0 Å². The Morgan fingerprint density at radius 1 is 1.50 bits per heavy atom. The van der Waals surface area contributed by atoms with Gasteiger partial charge < -0.3 is 4.42 Å². The molecule has 2 aromatic rings. The average Bonchev–Trinajstić information content (AvgIpc) is 2.31. The highest BCUT2D eigenvalue weighted by molar-refractivity contribution is 7.80. The van der Waals surface area contributed by atoms with Gasteiger partial charge in [0.15, 0.2) is 5.58 Å². The number of fused-ring (bicyclic) bond motifs is 1. The number of rotatable bonds is 0. The number of hydrogen-bond acceptors (Lipinski definition) is 3. The van der Waals surface area contributed by atoms with E-state index in [4.69, 9.17) is 4.42 Å². The SMILES string of the molecule is Cn1c(=O)oc2ccc(S)cc21. The van der Waals surface area contributed by atoms with Gasteiger partial charge in [-0.1, -0.05) is 0 Å². The van der Waals surface area contributed by atoms with Crippen LogP contribution in [0.3, 0.4) is 0 Å². The summed E-state index contributed by atoms with van der Waals surface area (Å²) >= 11 is 4.16. The maximum atomic E-state index is 11.0. The lowest BCUT2D eigenvalue weighted by Crippen LogP contribution is -2.08. The van der Waals surface area contributed by atoms with Crippen molar-refractivity contribution in [3.8, 4) is 0 Å². The fraction of sp³-hybridized carbons (Fsp3) is 0.125. The first-order valence-electron chi connectivity index (χ1n) is 3.47. The van der Waals surface area contributed by atoms with E-state index in [1.54, 1.807) is 25.2 Å². The molecule has 4 heteroatoms. The average molecular weight is 181 g/mol. The van der Waals surface area contributed by atoms with E-state index in [-0.39, 0.29) is 5.76 Å². The lowest BCUT2D eigenvalue weighted by Gasteiger charge is -1.91. The van der Waals surface area contributed by atoms with Crippen molar-refractivity contribution >= 4 is 23.7 Å². The molecule has 2 rings (SSSR count). The van der Waals surface area contributed by atoms with Crippen molar-refractivity contribution in [2.75, 3.05) is 0 Å². The molecular weight excluding hydrogens is 174 g/mol. The fourth-order valence-electron chi connectivity index (χ4n) is 1.12. The first-order chi connectivity index (χ1) is 5.68. The summed E-state index contributed by atoms with van der Waals surface area (Å²) in [6.45, 7) is 0. The highest BCUT2D eigenvalue weighted by Crippen LogP contribution is 2.15. The molecule has 0 bridgehead atoms. The van der Waals surface area contributed by atoms with Crippen molar-refractivity contribution in [1.29, 1.82) is 0 Å². The van der Waals surface area contributed by atoms with E-state index >= 15 is 0 Å². The van der Waals surface area contributed by atoms with E-state index in [0.717, 1.165) is 10.4 Å². The van der Waals surface area contributed by atoms with Crippen molar-refractivity contribution in [2.45, 2.75) is 4.90 Å². The molecule has 3 nitrogen and oxygen atoms in total. The Hall–Kier alpha value is -1.16. The minimum absolute atomic E-state index is 0.344. The highest BCUT2D eigenvalue weighted by atomic mass is 32.1.